The number of phosphoric ester groups is 1. The molecule has 1 aromatic rings. The van der Waals surface area contributed by atoms with Crippen molar-refractivity contribution in [1.82, 2.24) is 0 Å². The molecule has 0 aliphatic heterocycles. The predicted octanol–water partition coefficient (Wildman–Crippen LogP) is -0.198. The predicted molar refractivity (Wildman–Crippen MR) is 41.3 cm³/mol. The van der Waals surface area contributed by atoms with E-state index < -0.39 is 12.7 Å². The molecule has 0 fully saturated rings. The SMILES string of the molecule is O=[N+]([O-])c1cccc(OP(=O)([O-])[O-])c1. The van der Waals surface area contributed by atoms with Crippen LogP contribution >= 0.6 is 7.82 Å². The number of hydrogen-bond acceptors (Lipinski definition) is 6. The molecule has 7 nitrogen and oxygen atoms in total. The second-order valence-corrected chi connectivity index (χ2v) is 3.37. The van der Waals surface area contributed by atoms with E-state index in [1.54, 1.807) is 0 Å². The molecule has 0 unspecified atom stereocenters. The molecule has 0 aliphatic carbocycles. The third kappa shape index (κ3) is 3.14. The van der Waals surface area contributed by atoms with Gasteiger partial charge in [-0.1, -0.05) is 6.07 Å². The Balaban J connectivity index is 2.95. The molecular formula is C6H4NO6P-2. The second kappa shape index (κ2) is 3.75. The molecule has 0 spiro atoms. The molecule has 1 aromatic carbocycles. The first-order valence-electron chi connectivity index (χ1n) is 3.34. The van der Waals surface area contributed by atoms with Gasteiger partial charge in [0.25, 0.3) is 5.69 Å². The zero-order valence-corrected chi connectivity index (χ0v) is 7.55. The van der Waals surface area contributed by atoms with E-state index in [1.807, 2.05) is 0 Å². The maximum atomic E-state index is 10.2. The van der Waals surface area contributed by atoms with Crippen molar-refractivity contribution in [2.75, 3.05) is 0 Å². The smallest absolute Gasteiger partial charge is 0.273 e. The van der Waals surface area contributed by atoms with E-state index in [2.05, 4.69) is 4.52 Å². The molecule has 76 valence electrons. The molecule has 0 aliphatic rings. The summed E-state index contributed by atoms with van der Waals surface area (Å²) >= 11 is 0. The quantitative estimate of drug-likeness (QED) is 0.393. The van der Waals surface area contributed by atoms with E-state index in [0.29, 0.717) is 0 Å². The highest BCUT2D eigenvalue weighted by Gasteiger charge is 2.06. The van der Waals surface area contributed by atoms with Crippen molar-refractivity contribution < 1.29 is 23.8 Å². The molecule has 0 saturated heterocycles. The summed E-state index contributed by atoms with van der Waals surface area (Å²) in [6, 6.07) is 4.34. The van der Waals surface area contributed by atoms with Gasteiger partial charge in [0, 0.05) is 6.07 Å². The number of nitrogens with zero attached hydrogens (tertiary/aromatic N) is 1. The number of rotatable bonds is 3. The van der Waals surface area contributed by atoms with Gasteiger partial charge in [0.05, 0.1) is 11.0 Å². The highest BCUT2D eigenvalue weighted by Crippen LogP contribution is 2.30. The first-order valence-corrected chi connectivity index (χ1v) is 4.81. The number of nitro groups is 1. The van der Waals surface area contributed by atoms with Gasteiger partial charge >= 0.3 is 0 Å². The molecule has 0 atom stereocenters. The maximum Gasteiger partial charge on any atom is 0.273 e. The van der Waals surface area contributed by atoms with Crippen LogP contribution < -0.4 is 14.3 Å². The van der Waals surface area contributed by atoms with Crippen LogP contribution in [0.25, 0.3) is 0 Å². The lowest BCUT2D eigenvalue weighted by Gasteiger charge is -2.28. The van der Waals surface area contributed by atoms with Crippen LogP contribution in [0.5, 0.6) is 5.75 Å². The normalized spacial score (nSPS) is 11.0. The van der Waals surface area contributed by atoms with E-state index in [0.717, 1.165) is 18.2 Å². The first-order chi connectivity index (χ1) is 6.38. The Bertz CT molecular complexity index is 399. The molecule has 0 aromatic heterocycles. The number of hydrogen-bond donors (Lipinski definition) is 0. The van der Waals surface area contributed by atoms with Crippen molar-refractivity contribution in [3.8, 4) is 5.75 Å². The zero-order valence-electron chi connectivity index (χ0n) is 6.65. The van der Waals surface area contributed by atoms with Gasteiger partial charge in [0.15, 0.2) is 0 Å². The minimum atomic E-state index is -5.16. The molecule has 8 heteroatoms. The minimum absolute atomic E-state index is 0.351. The highest BCUT2D eigenvalue weighted by atomic mass is 31.2. The lowest BCUT2D eigenvalue weighted by atomic mass is 10.3. The van der Waals surface area contributed by atoms with Crippen LogP contribution in [0.4, 0.5) is 5.69 Å². The standard InChI is InChI=1S/C6H6NO6P/c8-7(9)5-2-1-3-6(4-5)13-14(10,11)12/h1-4H,(H2,10,11,12)/p-2. The van der Waals surface area contributed by atoms with Gasteiger partial charge in [-0.2, -0.15) is 0 Å². The number of non-ortho nitro benzene ring substituents is 1. The average Bonchev–Trinajstić information content (AvgIpc) is 2.01. The van der Waals surface area contributed by atoms with E-state index in [1.165, 1.54) is 6.07 Å². The van der Waals surface area contributed by atoms with Crippen molar-refractivity contribution in [3.05, 3.63) is 34.4 Å². The van der Waals surface area contributed by atoms with Gasteiger partial charge < -0.3 is 18.9 Å². The van der Waals surface area contributed by atoms with Crippen LogP contribution in [0, 0.1) is 10.1 Å². The largest absolute Gasteiger partial charge is 0.780 e. The lowest BCUT2D eigenvalue weighted by molar-refractivity contribution is -0.384. The maximum absolute atomic E-state index is 10.2. The summed E-state index contributed by atoms with van der Waals surface area (Å²) in [7, 11) is -5.16. The molecule has 0 heterocycles. The minimum Gasteiger partial charge on any atom is -0.780 e. The van der Waals surface area contributed by atoms with Gasteiger partial charge in [0.2, 0.25) is 0 Å². The molecular weight excluding hydrogens is 213 g/mol. The fourth-order valence-electron chi connectivity index (χ4n) is 0.783. The number of benzene rings is 1. The number of nitro benzene ring substituents is 1. The number of phosphoric acid groups is 1. The third-order valence-electron chi connectivity index (χ3n) is 1.25. The average molecular weight is 217 g/mol. The second-order valence-electron chi connectivity index (χ2n) is 2.29. The molecule has 0 amide bonds. The van der Waals surface area contributed by atoms with Crippen molar-refractivity contribution >= 4 is 13.5 Å². The molecule has 0 N–H and O–H groups in total. The van der Waals surface area contributed by atoms with Gasteiger partial charge in [0.1, 0.15) is 13.6 Å². The Kier molecular flexibility index (Phi) is 2.85. The van der Waals surface area contributed by atoms with E-state index in [4.69, 9.17) is 0 Å². The molecule has 0 radical (unpaired) electrons. The van der Waals surface area contributed by atoms with Crippen LogP contribution in [0.1, 0.15) is 0 Å². The Labute approximate surface area is 78.3 Å². The fourth-order valence-corrected chi connectivity index (χ4v) is 1.15. The van der Waals surface area contributed by atoms with E-state index >= 15 is 0 Å². The summed E-state index contributed by atoms with van der Waals surface area (Å²) in [5, 5.41) is 10.2. The molecule has 0 bridgehead atoms. The summed E-state index contributed by atoms with van der Waals surface area (Å²) in [6.45, 7) is 0. The van der Waals surface area contributed by atoms with E-state index in [-0.39, 0.29) is 11.4 Å². The highest BCUT2D eigenvalue weighted by molar-refractivity contribution is 7.43. The van der Waals surface area contributed by atoms with Crippen LogP contribution in [0.15, 0.2) is 24.3 Å². The monoisotopic (exact) mass is 217 g/mol. The van der Waals surface area contributed by atoms with Gasteiger partial charge in [-0.3, -0.25) is 10.1 Å². The van der Waals surface area contributed by atoms with Gasteiger partial charge in [-0.25, -0.2) is 0 Å². The van der Waals surface area contributed by atoms with Crippen molar-refractivity contribution in [1.29, 1.82) is 0 Å². The fraction of sp³-hybridized carbons (Fsp3) is 0. The van der Waals surface area contributed by atoms with Gasteiger partial charge in [-0.15, -0.1) is 0 Å². The summed E-state index contributed by atoms with van der Waals surface area (Å²) in [4.78, 5) is 29.8. The van der Waals surface area contributed by atoms with Crippen molar-refractivity contribution in [2.24, 2.45) is 0 Å². The van der Waals surface area contributed by atoms with Crippen LogP contribution in [0.3, 0.4) is 0 Å². The summed E-state index contributed by atoms with van der Waals surface area (Å²) < 4.78 is 14.1. The summed E-state index contributed by atoms with van der Waals surface area (Å²) in [6.07, 6.45) is 0. The molecule has 1 rings (SSSR count). The van der Waals surface area contributed by atoms with E-state index in [9.17, 15) is 24.5 Å². The Morgan fingerprint density at radius 2 is 2.00 bits per heavy atom. The Morgan fingerprint density at radius 3 is 2.50 bits per heavy atom. The first kappa shape index (κ1) is 10.6. The van der Waals surface area contributed by atoms with Crippen LogP contribution in [-0.2, 0) is 4.57 Å². The molecule has 0 saturated carbocycles. The van der Waals surface area contributed by atoms with Gasteiger partial charge in [-0.05, 0) is 6.07 Å². The van der Waals surface area contributed by atoms with Crippen LogP contribution in [0.2, 0.25) is 0 Å². The van der Waals surface area contributed by atoms with Crippen LogP contribution in [-0.4, -0.2) is 4.92 Å². The molecule has 14 heavy (non-hydrogen) atoms. The Hall–Kier alpha value is -1.43. The lowest BCUT2D eigenvalue weighted by Crippen LogP contribution is -2.18. The van der Waals surface area contributed by atoms with Crippen molar-refractivity contribution in [2.45, 2.75) is 0 Å². The summed E-state index contributed by atoms with van der Waals surface area (Å²) in [5.74, 6) is -0.368. The zero-order chi connectivity index (χ0) is 10.8. The third-order valence-corrected chi connectivity index (χ3v) is 1.68. The summed E-state index contributed by atoms with van der Waals surface area (Å²) in [5.41, 5.74) is -0.351. The topological polar surface area (TPSA) is 116 Å². The van der Waals surface area contributed by atoms with Crippen molar-refractivity contribution in [3.63, 3.8) is 0 Å². The Morgan fingerprint density at radius 1 is 1.36 bits per heavy atom.